The molecule has 1 aliphatic rings. The van der Waals surface area contributed by atoms with Crippen LogP contribution in [0.1, 0.15) is 94.7 Å². The standard InChI is InChI=1S/C28H38N4O4/c1-6-8-9-10-11-22-12-14-23(15-13-22)26(33)32-17-16-31(18-19(32)3)27(34)25-24(28(35)36-7-2)20(4)29-21(5)30-25/h12-15,19H,6-11,16-18H2,1-5H3. The minimum Gasteiger partial charge on any atom is -0.462 e. The van der Waals surface area contributed by atoms with E-state index in [2.05, 4.69) is 16.9 Å². The van der Waals surface area contributed by atoms with Crippen LogP contribution < -0.4 is 0 Å². The molecular formula is C28H38N4O4. The van der Waals surface area contributed by atoms with Crippen LogP contribution in [0.15, 0.2) is 24.3 Å². The zero-order chi connectivity index (χ0) is 26.2. The van der Waals surface area contributed by atoms with Crippen molar-refractivity contribution >= 4 is 17.8 Å². The second-order valence-electron chi connectivity index (χ2n) is 9.41. The van der Waals surface area contributed by atoms with E-state index >= 15 is 0 Å². The predicted molar refractivity (Wildman–Crippen MR) is 138 cm³/mol. The van der Waals surface area contributed by atoms with Crippen LogP contribution in [0.4, 0.5) is 0 Å². The maximum Gasteiger partial charge on any atom is 0.342 e. The third-order valence-electron chi connectivity index (χ3n) is 6.58. The number of hydrogen-bond donors (Lipinski definition) is 0. The number of aryl methyl sites for hydroxylation is 3. The molecule has 2 aromatic rings. The molecule has 0 bridgehead atoms. The smallest absolute Gasteiger partial charge is 0.342 e. The van der Waals surface area contributed by atoms with Crippen LogP contribution in [0.3, 0.4) is 0 Å². The number of hydrogen-bond acceptors (Lipinski definition) is 6. The summed E-state index contributed by atoms with van der Waals surface area (Å²) in [7, 11) is 0. The number of esters is 1. The topological polar surface area (TPSA) is 92.7 Å². The van der Waals surface area contributed by atoms with Gasteiger partial charge in [0.25, 0.3) is 11.8 Å². The van der Waals surface area contributed by atoms with Crippen molar-refractivity contribution in [2.45, 2.75) is 72.8 Å². The molecule has 1 aliphatic heterocycles. The van der Waals surface area contributed by atoms with Gasteiger partial charge in [0.05, 0.1) is 12.3 Å². The number of benzene rings is 1. The number of ether oxygens (including phenoxy) is 1. The zero-order valence-corrected chi connectivity index (χ0v) is 22.2. The third kappa shape index (κ3) is 6.47. The minimum absolute atomic E-state index is 0.0342. The van der Waals surface area contributed by atoms with E-state index in [0.717, 1.165) is 12.8 Å². The maximum absolute atomic E-state index is 13.4. The highest BCUT2D eigenvalue weighted by Gasteiger charge is 2.34. The number of carbonyl (C=O) groups is 3. The van der Waals surface area contributed by atoms with Gasteiger partial charge >= 0.3 is 5.97 Å². The van der Waals surface area contributed by atoms with Gasteiger partial charge in [0, 0.05) is 31.2 Å². The van der Waals surface area contributed by atoms with Crippen LogP contribution in [0.2, 0.25) is 0 Å². The zero-order valence-electron chi connectivity index (χ0n) is 22.2. The Bertz CT molecular complexity index is 1080. The second kappa shape index (κ2) is 12.6. The van der Waals surface area contributed by atoms with Crippen molar-refractivity contribution in [1.29, 1.82) is 0 Å². The lowest BCUT2D eigenvalue weighted by atomic mass is 10.0. The highest BCUT2D eigenvalue weighted by molar-refractivity contribution is 6.04. The minimum atomic E-state index is -0.603. The summed E-state index contributed by atoms with van der Waals surface area (Å²) in [6.45, 7) is 10.5. The summed E-state index contributed by atoms with van der Waals surface area (Å²) in [5.41, 5.74) is 2.48. The molecule has 1 fully saturated rings. The van der Waals surface area contributed by atoms with E-state index in [4.69, 9.17) is 4.74 Å². The Morgan fingerprint density at radius 2 is 1.69 bits per heavy atom. The molecule has 0 saturated carbocycles. The van der Waals surface area contributed by atoms with Gasteiger partial charge in [-0.2, -0.15) is 0 Å². The lowest BCUT2D eigenvalue weighted by molar-refractivity contribution is 0.0406. The van der Waals surface area contributed by atoms with Crippen molar-refractivity contribution < 1.29 is 19.1 Å². The number of amides is 2. The number of piperazine rings is 1. The average molecular weight is 495 g/mol. The van der Waals surface area contributed by atoms with Gasteiger partial charge < -0.3 is 14.5 Å². The fourth-order valence-electron chi connectivity index (χ4n) is 4.64. The van der Waals surface area contributed by atoms with Crippen molar-refractivity contribution in [3.63, 3.8) is 0 Å². The molecule has 8 heteroatoms. The molecule has 2 amide bonds. The molecule has 36 heavy (non-hydrogen) atoms. The van der Waals surface area contributed by atoms with E-state index < -0.39 is 5.97 Å². The molecule has 1 saturated heterocycles. The van der Waals surface area contributed by atoms with Gasteiger partial charge in [0.1, 0.15) is 17.1 Å². The molecule has 3 rings (SSSR count). The molecule has 0 aliphatic carbocycles. The summed E-state index contributed by atoms with van der Waals surface area (Å²) < 4.78 is 5.14. The summed E-state index contributed by atoms with van der Waals surface area (Å²) in [5, 5.41) is 0. The first-order chi connectivity index (χ1) is 17.3. The Morgan fingerprint density at radius 3 is 2.33 bits per heavy atom. The molecule has 194 valence electrons. The van der Waals surface area contributed by atoms with E-state index in [-0.39, 0.29) is 35.7 Å². The van der Waals surface area contributed by atoms with E-state index in [0.29, 0.717) is 36.7 Å². The van der Waals surface area contributed by atoms with E-state index in [1.807, 2.05) is 36.1 Å². The Kier molecular flexibility index (Phi) is 9.56. The fourth-order valence-corrected chi connectivity index (χ4v) is 4.64. The molecular weight excluding hydrogens is 456 g/mol. The second-order valence-corrected chi connectivity index (χ2v) is 9.41. The Labute approximate surface area is 214 Å². The van der Waals surface area contributed by atoms with Crippen LogP contribution in [0, 0.1) is 13.8 Å². The lowest BCUT2D eigenvalue weighted by Crippen LogP contribution is -2.55. The monoisotopic (exact) mass is 494 g/mol. The number of aromatic nitrogens is 2. The quantitative estimate of drug-likeness (QED) is 0.379. The van der Waals surface area contributed by atoms with Gasteiger partial charge in [-0.25, -0.2) is 14.8 Å². The summed E-state index contributed by atoms with van der Waals surface area (Å²) in [6.07, 6.45) is 5.89. The summed E-state index contributed by atoms with van der Waals surface area (Å²) in [5.74, 6) is -0.570. The fraction of sp³-hybridized carbons (Fsp3) is 0.536. The first-order valence-electron chi connectivity index (χ1n) is 13.0. The van der Waals surface area contributed by atoms with Crippen LogP contribution in [0.25, 0.3) is 0 Å². The van der Waals surface area contributed by atoms with Crippen molar-refractivity contribution in [3.8, 4) is 0 Å². The first kappa shape index (κ1) is 27.3. The third-order valence-corrected chi connectivity index (χ3v) is 6.58. The SMILES string of the molecule is CCCCCCc1ccc(C(=O)N2CCN(C(=O)c3nc(C)nc(C)c3C(=O)OCC)CC2C)cc1. The molecule has 1 unspecified atom stereocenters. The van der Waals surface area contributed by atoms with Crippen LogP contribution >= 0.6 is 0 Å². The highest BCUT2D eigenvalue weighted by atomic mass is 16.5. The van der Waals surface area contributed by atoms with E-state index in [9.17, 15) is 14.4 Å². The Balaban J connectivity index is 1.68. The predicted octanol–water partition coefficient (Wildman–Crippen LogP) is 4.38. The van der Waals surface area contributed by atoms with Gasteiger partial charge in [-0.15, -0.1) is 0 Å². The van der Waals surface area contributed by atoms with Crippen molar-refractivity contribution in [1.82, 2.24) is 19.8 Å². The van der Waals surface area contributed by atoms with Gasteiger partial charge in [-0.05, 0) is 58.2 Å². The number of unbranched alkanes of at least 4 members (excludes halogenated alkanes) is 3. The molecule has 0 N–H and O–H groups in total. The van der Waals surface area contributed by atoms with Crippen LogP contribution in [0.5, 0.6) is 0 Å². The molecule has 1 aromatic heterocycles. The van der Waals surface area contributed by atoms with Crippen LogP contribution in [-0.4, -0.2) is 69.8 Å². The average Bonchev–Trinajstić information content (AvgIpc) is 2.85. The largest absolute Gasteiger partial charge is 0.462 e. The van der Waals surface area contributed by atoms with Gasteiger partial charge in [-0.3, -0.25) is 9.59 Å². The van der Waals surface area contributed by atoms with E-state index in [1.54, 1.807) is 25.7 Å². The maximum atomic E-state index is 13.4. The molecule has 2 heterocycles. The highest BCUT2D eigenvalue weighted by Crippen LogP contribution is 2.20. The van der Waals surface area contributed by atoms with Crippen molar-refractivity contribution in [3.05, 3.63) is 58.2 Å². The summed E-state index contributed by atoms with van der Waals surface area (Å²) in [4.78, 5) is 51.2. The normalized spacial score (nSPS) is 15.6. The number of nitrogens with zero attached hydrogens (tertiary/aromatic N) is 4. The van der Waals surface area contributed by atoms with Gasteiger partial charge in [0.15, 0.2) is 0 Å². The van der Waals surface area contributed by atoms with Crippen molar-refractivity contribution in [2.75, 3.05) is 26.2 Å². The Morgan fingerprint density at radius 1 is 0.972 bits per heavy atom. The van der Waals surface area contributed by atoms with Gasteiger partial charge in [-0.1, -0.05) is 38.3 Å². The molecule has 8 nitrogen and oxygen atoms in total. The molecule has 0 radical (unpaired) electrons. The summed E-state index contributed by atoms with van der Waals surface area (Å²) >= 11 is 0. The van der Waals surface area contributed by atoms with E-state index in [1.165, 1.54) is 24.8 Å². The molecule has 1 atom stereocenters. The molecule has 1 aromatic carbocycles. The van der Waals surface area contributed by atoms with Gasteiger partial charge in [0.2, 0.25) is 0 Å². The molecule has 0 spiro atoms. The lowest BCUT2D eigenvalue weighted by Gasteiger charge is -2.40. The number of rotatable bonds is 9. The first-order valence-corrected chi connectivity index (χ1v) is 13.0. The van der Waals surface area contributed by atoms with Crippen molar-refractivity contribution in [2.24, 2.45) is 0 Å². The summed E-state index contributed by atoms with van der Waals surface area (Å²) in [6, 6.07) is 7.71. The van der Waals surface area contributed by atoms with Crippen LogP contribution in [-0.2, 0) is 11.2 Å². The Hall–Kier alpha value is -3.29. The number of carbonyl (C=O) groups excluding carboxylic acids is 3.